The lowest BCUT2D eigenvalue weighted by molar-refractivity contribution is 0.460. The number of imidazole rings is 1. The van der Waals surface area contributed by atoms with E-state index < -0.39 is 0 Å². The summed E-state index contributed by atoms with van der Waals surface area (Å²) in [5.41, 5.74) is 2.99. The lowest BCUT2D eigenvalue weighted by Crippen LogP contribution is -2.39. The summed E-state index contributed by atoms with van der Waals surface area (Å²) in [6.45, 7) is 4.20. The van der Waals surface area contributed by atoms with Crippen LogP contribution in [0.15, 0.2) is 70.9 Å². The molecule has 0 saturated carbocycles. The van der Waals surface area contributed by atoms with Crippen LogP contribution in [0.1, 0.15) is 13.8 Å². The van der Waals surface area contributed by atoms with Gasteiger partial charge in [-0.15, -0.1) is 0 Å². The molecule has 1 atom stereocenters. The number of benzene rings is 1. The van der Waals surface area contributed by atoms with Gasteiger partial charge < -0.3 is 15.6 Å². The number of nitrogens with two attached hydrogens (primary N) is 1. The molecule has 0 fully saturated rings. The highest BCUT2D eigenvalue weighted by atomic mass is 32.2. The van der Waals surface area contributed by atoms with Crippen LogP contribution in [-0.2, 0) is 0 Å². The number of nitrogen functional groups attached to an aromatic ring is 1. The van der Waals surface area contributed by atoms with Crippen molar-refractivity contribution >= 4 is 17.7 Å². The van der Waals surface area contributed by atoms with Crippen LogP contribution in [0.3, 0.4) is 0 Å². The molecule has 0 spiro atoms. The summed E-state index contributed by atoms with van der Waals surface area (Å²) in [6, 6.07) is 10.4. The molecule has 0 aliphatic carbocycles. The summed E-state index contributed by atoms with van der Waals surface area (Å²) in [7, 11) is 0. The molecule has 1 unspecified atom stereocenters. The van der Waals surface area contributed by atoms with Crippen molar-refractivity contribution in [2.24, 2.45) is 4.99 Å². The third kappa shape index (κ3) is 3.02. The van der Waals surface area contributed by atoms with Crippen molar-refractivity contribution < 1.29 is 0 Å². The topological polar surface area (TPSA) is 62.7 Å². The van der Waals surface area contributed by atoms with Crippen LogP contribution in [0.5, 0.6) is 0 Å². The van der Waals surface area contributed by atoms with E-state index in [1.807, 2.05) is 43.5 Å². The van der Waals surface area contributed by atoms with E-state index in [0.717, 1.165) is 28.1 Å². The van der Waals surface area contributed by atoms with Crippen molar-refractivity contribution in [3.8, 4) is 11.3 Å². The fourth-order valence-corrected chi connectivity index (χ4v) is 3.78. The number of allylic oxidation sites excluding steroid dienone is 1. The van der Waals surface area contributed by atoms with Crippen molar-refractivity contribution in [1.82, 2.24) is 19.5 Å². The summed E-state index contributed by atoms with van der Waals surface area (Å²) in [5, 5.41) is 0.780. The maximum atomic E-state index is 6.09. The van der Waals surface area contributed by atoms with Gasteiger partial charge in [-0.3, -0.25) is 0 Å². The van der Waals surface area contributed by atoms with Crippen LogP contribution in [0.4, 0.5) is 0 Å². The molecule has 0 saturated heterocycles. The van der Waals surface area contributed by atoms with E-state index in [2.05, 4.69) is 45.2 Å². The molecule has 0 amide bonds. The Morgan fingerprint density at radius 1 is 1.20 bits per heavy atom. The third-order valence-electron chi connectivity index (χ3n) is 4.19. The number of hydrogen-bond acceptors (Lipinski definition) is 6. The Morgan fingerprint density at radius 3 is 2.80 bits per heavy atom. The number of hydrogen-bond donors (Lipinski definition) is 1. The molecule has 1 aromatic heterocycles. The number of nitrogens with zero attached hydrogens (tertiary/aromatic N) is 5. The molecular formula is C18H20N6S. The maximum absolute atomic E-state index is 6.09. The Kier molecular flexibility index (Phi) is 4.01. The van der Waals surface area contributed by atoms with Gasteiger partial charge in [0.05, 0.1) is 23.8 Å². The summed E-state index contributed by atoms with van der Waals surface area (Å²) in [5.74, 6) is 7.75. The molecule has 6 nitrogen and oxygen atoms in total. The Labute approximate surface area is 151 Å². The summed E-state index contributed by atoms with van der Waals surface area (Å²) >= 11 is 1.59. The number of guanidine groups is 1. The van der Waals surface area contributed by atoms with E-state index in [1.54, 1.807) is 16.4 Å². The minimum Gasteiger partial charge on any atom is -0.337 e. The summed E-state index contributed by atoms with van der Waals surface area (Å²) in [4.78, 5) is 13.6. The zero-order valence-electron chi connectivity index (χ0n) is 14.2. The Bertz CT molecular complexity index is 867. The van der Waals surface area contributed by atoms with Gasteiger partial charge in [0.2, 0.25) is 5.96 Å². The van der Waals surface area contributed by atoms with Crippen molar-refractivity contribution in [3.63, 3.8) is 0 Å². The normalized spacial score (nSPS) is 19.0. The minimum absolute atomic E-state index is 0.319. The lowest BCUT2D eigenvalue weighted by atomic mass is 10.2. The highest BCUT2D eigenvalue weighted by molar-refractivity contribution is 7.99. The lowest BCUT2D eigenvalue weighted by Gasteiger charge is -2.29. The molecule has 0 radical (unpaired) electrons. The first kappa shape index (κ1) is 15.8. The van der Waals surface area contributed by atoms with Gasteiger partial charge in [-0.25, -0.2) is 14.7 Å². The molecule has 128 valence electrons. The zero-order valence-corrected chi connectivity index (χ0v) is 15.0. The predicted octanol–water partition coefficient (Wildman–Crippen LogP) is 3.06. The number of aliphatic imine (C=N–C) groups is 1. The van der Waals surface area contributed by atoms with Crippen molar-refractivity contribution in [1.29, 1.82) is 0 Å². The van der Waals surface area contributed by atoms with E-state index in [9.17, 15) is 0 Å². The summed E-state index contributed by atoms with van der Waals surface area (Å²) in [6.07, 6.45) is 8.13. The third-order valence-corrected chi connectivity index (χ3v) is 5.16. The molecule has 2 aliphatic rings. The van der Waals surface area contributed by atoms with E-state index in [1.165, 1.54) is 0 Å². The molecule has 0 bridgehead atoms. The van der Waals surface area contributed by atoms with Crippen LogP contribution in [0, 0.1) is 0 Å². The highest BCUT2D eigenvalue weighted by Gasteiger charge is 2.28. The molecule has 2 aromatic rings. The SMILES string of the molecule is CC1=CC(C)N2C=CN(CSc3nc(-c4ccccc4)cn3N)C2=N1. The molecule has 2 aliphatic heterocycles. The first-order valence-corrected chi connectivity index (χ1v) is 9.13. The molecule has 4 rings (SSSR count). The number of rotatable bonds is 4. The molecule has 3 heterocycles. The van der Waals surface area contributed by atoms with Crippen molar-refractivity contribution in [3.05, 3.63) is 60.7 Å². The van der Waals surface area contributed by atoms with Crippen molar-refractivity contribution in [2.75, 3.05) is 11.7 Å². The quantitative estimate of drug-likeness (QED) is 0.677. The van der Waals surface area contributed by atoms with Crippen LogP contribution in [0.25, 0.3) is 11.3 Å². The molecule has 1 aromatic carbocycles. The molecule has 25 heavy (non-hydrogen) atoms. The van der Waals surface area contributed by atoms with Crippen LogP contribution in [0.2, 0.25) is 0 Å². The monoisotopic (exact) mass is 352 g/mol. The van der Waals surface area contributed by atoms with Crippen LogP contribution >= 0.6 is 11.8 Å². The van der Waals surface area contributed by atoms with Gasteiger partial charge in [0.15, 0.2) is 5.16 Å². The van der Waals surface area contributed by atoms with E-state index in [-0.39, 0.29) is 0 Å². The van der Waals surface area contributed by atoms with Gasteiger partial charge in [0.1, 0.15) is 0 Å². The molecular weight excluding hydrogens is 332 g/mol. The Hall–Kier alpha value is -2.67. The standard InChI is InChI=1S/C18H20N6S/c1-13-10-14(2)23-9-8-22(17(23)20-13)12-25-18-21-16(11-24(18)19)15-6-4-3-5-7-15/h3-11,14H,12,19H2,1-2H3. The first-order valence-electron chi connectivity index (χ1n) is 8.15. The van der Waals surface area contributed by atoms with Gasteiger partial charge in [-0.1, -0.05) is 42.1 Å². The second-order valence-electron chi connectivity index (χ2n) is 6.09. The average Bonchev–Trinajstić information content (AvgIpc) is 3.17. The average molecular weight is 352 g/mol. The minimum atomic E-state index is 0.319. The van der Waals surface area contributed by atoms with E-state index in [4.69, 9.17) is 5.84 Å². The number of thioether (sulfide) groups is 1. The second kappa shape index (κ2) is 6.33. The van der Waals surface area contributed by atoms with Crippen molar-refractivity contribution in [2.45, 2.75) is 25.0 Å². The van der Waals surface area contributed by atoms with Crippen LogP contribution < -0.4 is 5.84 Å². The largest absolute Gasteiger partial charge is 0.337 e. The van der Waals surface area contributed by atoms with Gasteiger partial charge >= 0.3 is 0 Å². The molecule has 7 heteroatoms. The van der Waals surface area contributed by atoms with E-state index >= 15 is 0 Å². The molecule has 2 N–H and O–H groups in total. The first-order chi connectivity index (χ1) is 12.1. The van der Waals surface area contributed by atoms with Gasteiger partial charge in [0, 0.05) is 23.7 Å². The smallest absolute Gasteiger partial charge is 0.211 e. The summed E-state index contributed by atoms with van der Waals surface area (Å²) < 4.78 is 1.58. The fourth-order valence-electron chi connectivity index (χ4n) is 2.96. The maximum Gasteiger partial charge on any atom is 0.211 e. The van der Waals surface area contributed by atoms with Gasteiger partial charge in [0.25, 0.3) is 0 Å². The van der Waals surface area contributed by atoms with Crippen LogP contribution in [-0.4, -0.2) is 37.3 Å². The van der Waals surface area contributed by atoms with Gasteiger partial charge in [-0.2, -0.15) is 0 Å². The Morgan fingerprint density at radius 2 is 2.00 bits per heavy atom. The number of aromatic nitrogens is 2. The second-order valence-corrected chi connectivity index (χ2v) is 7.00. The number of fused-ring (bicyclic) bond motifs is 1. The predicted molar refractivity (Wildman–Crippen MR) is 102 cm³/mol. The highest BCUT2D eigenvalue weighted by Crippen LogP contribution is 2.27. The zero-order chi connectivity index (χ0) is 17.4. The van der Waals surface area contributed by atoms with Gasteiger partial charge in [-0.05, 0) is 19.9 Å². The Balaban J connectivity index is 1.48. The van der Waals surface area contributed by atoms with E-state index in [0.29, 0.717) is 11.9 Å². The fraction of sp³-hybridized carbons (Fsp3) is 0.222.